The van der Waals surface area contributed by atoms with Gasteiger partial charge in [0.2, 0.25) is 11.0 Å². The predicted octanol–water partition coefficient (Wildman–Crippen LogP) is 4.51. The van der Waals surface area contributed by atoms with Gasteiger partial charge in [0.15, 0.2) is 0 Å². The number of anilines is 1. The van der Waals surface area contributed by atoms with E-state index in [-0.39, 0.29) is 5.91 Å². The second kappa shape index (κ2) is 13.4. The van der Waals surface area contributed by atoms with Gasteiger partial charge in [-0.1, -0.05) is 18.6 Å². The highest BCUT2D eigenvalue weighted by molar-refractivity contribution is 7.09. The number of hydrogen-bond donors (Lipinski definition) is 1. The largest absolute Gasteiger partial charge is 0.497 e. The van der Waals surface area contributed by atoms with Gasteiger partial charge in [0.25, 0.3) is 0 Å². The molecule has 1 atom stereocenters. The summed E-state index contributed by atoms with van der Waals surface area (Å²) in [5.74, 6) is 2.46. The van der Waals surface area contributed by atoms with Crippen LogP contribution in [-0.2, 0) is 17.8 Å². The highest BCUT2D eigenvalue weighted by Crippen LogP contribution is 2.23. The van der Waals surface area contributed by atoms with Crippen LogP contribution in [0.15, 0.2) is 47.1 Å². The average molecular weight is 512 g/mol. The first-order valence-corrected chi connectivity index (χ1v) is 13.6. The maximum atomic E-state index is 12.6. The second-order valence-corrected chi connectivity index (χ2v) is 10.1. The van der Waals surface area contributed by atoms with E-state index < -0.39 is 0 Å². The Balaban J connectivity index is 1.29. The molecular weight excluding hydrogens is 474 g/mol. The Bertz CT molecular complexity index is 1070. The third-order valence-corrected chi connectivity index (χ3v) is 7.46. The lowest BCUT2D eigenvalue weighted by molar-refractivity contribution is -0.120. The molecule has 3 heterocycles. The number of rotatable bonds is 13. The standard InChI is InChI=1S/C27H37N5O3S/c1-21-8-3-4-14-31(21)15-7-13-28-26(33)12-16-32(20-24-11-6-17-35-24)27-29-25(30-36-27)19-22-9-5-10-23(18-22)34-2/h5-6,9-11,17-18,21H,3-4,7-8,12-16,19-20H2,1-2H3,(H,28,33). The number of benzene rings is 1. The van der Waals surface area contributed by atoms with Gasteiger partial charge in [-0.15, -0.1) is 0 Å². The Morgan fingerprint density at radius 1 is 1.31 bits per heavy atom. The number of carbonyl (C=O) groups excluding carboxylic acids is 1. The van der Waals surface area contributed by atoms with Gasteiger partial charge in [-0.3, -0.25) is 4.79 Å². The van der Waals surface area contributed by atoms with Gasteiger partial charge >= 0.3 is 0 Å². The zero-order chi connectivity index (χ0) is 25.2. The number of likely N-dealkylation sites (tertiary alicyclic amines) is 1. The number of carbonyl (C=O) groups is 1. The van der Waals surface area contributed by atoms with Crippen LogP contribution in [0.4, 0.5) is 5.13 Å². The van der Waals surface area contributed by atoms with Crippen molar-refractivity contribution >= 4 is 22.6 Å². The third-order valence-electron chi connectivity index (χ3n) is 6.64. The molecule has 4 rings (SSSR count). The van der Waals surface area contributed by atoms with Gasteiger partial charge in [-0.25, -0.2) is 4.98 Å². The Morgan fingerprint density at radius 2 is 2.22 bits per heavy atom. The molecule has 1 unspecified atom stereocenters. The van der Waals surface area contributed by atoms with E-state index in [1.807, 2.05) is 36.4 Å². The van der Waals surface area contributed by atoms with E-state index in [1.54, 1.807) is 13.4 Å². The summed E-state index contributed by atoms with van der Waals surface area (Å²) in [4.78, 5) is 22.0. The summed E-state index contributed by atoms with van der Waals surface area (Å²) in [6.45, 7) is 6.33. The minimum Gasteiger partial charge on any atom is -0.497 e. The topological polar surface area (TPSA) is 83.7 Å². The molecule has 3 aromatic rings. The summed E-state index contributed by atoms with van der Waals surface area (Å²) in [5.41, 5.74) is 1.09. The first-order chi connectivity index (χ1) is 17.6. The van der Waals surface area contributed by atoms with Crippen molar-refractivity contribution in [3.63, 3.8) is 0 Å². The minimum absolute atomic E-state index is 0.0623. The van der Waals surface area contributed by atoms with E-state index in [0.717, 1.165) is 41.0 Å². The second-order valence-electron chi connectivity index (χ2n) is 9.36. The molecule has 0 aliphatic carbocycles. The summed E-state index contributed by atoms with van der Waals surface area (Å²) in [6, 6.07) is 12.4. The fraction of sp³-hybridized carbons (Fsp3) is 0.519. The van der Waals surface area contributed by atoms with Gasteiger partial charge in [0, 0.05) is 50.1 Å². The van der Waals surface area contributed by atoms with Crippen LogP contribution in [0.3, 0.4) is 0 Å². The van der Waals surface area contributed by atoms with Crippen LogP contribution in [0.2, 0.25) is 0 Å². The molecule has 8 nitrogen and oxygen atoms in total. The van der Waals surface area contributed by atoms with Gasteiger partial charge < -0.3 is 24.3 Å². The maximum absolute atomic E-state index is 12.6. The fourth-order valence-electron chi connectivity index (χ4n) is 4.57. The van der Waals surface area contributed by atoms with Crippen molar-refractivity contribution in [3.05, 3.63) is 59.8 Å². The molecular formula is C27H37N5O3S. The average Bonchev–Trinajstić information content (AvgIpc) is 3.58. The van der Waals surface area contributed by atoms with Crippen molar-refractivity contribution in [3.8, 4) is 5.75 Å². The van der Waals surface area contributed by atoms with Crippen LogP contribution in [0, 0.1) is 0 Å². The van der Waals surface area contributed by atoms with Gasteiger partial charge in [-0.2, -0.15) is 4.37 Å². The minimum atomic E-state index is 0.0623. The molecule has 1 aliphatic rings. The van der Waals surface area contributed by atoms with Crippen molar-refractivity contribution in [1.29, 1.82) is 0 Å². The lowest BCUT2D eigenvalue weighted by Crippen LogP contribution is -2.39. The zero-order valence-electron chi connectivity index (χ0n) is 21.3. The number of nitrogens with one attached hydrogen (secondary N) is 1. The number of aromatic nitrogens is 2. The number of piperidine rings is 1. The molecule has 0 bridgehead atoms. The van der Waals surface area contributed by atoms with Gasteiger partial charge in [0.1, 0.15) is 17.3 Å². The van der Waals surface area contributed by atoms with Gasteiger partial charge in [0.05, 0.1) is 19.9 Å². The molecule has 1 N–H and O–H groups in total. The first-order valence-electron chi connectivity index (χ1n) is 12.8. The molecule has 1 fully saturated rings. The molecule has 0 saturated carbocycles. The van der Waals surface area contributed by atoms with E-state index in [9.17, 15) is 4.79 Å². The lowest BCUT2D eigenvalue weighted by Gasteiger charge is -2.33. The molecule has 0 spiro atoms. The van der Waals surface area contributed by atoms with Crippen LogP contribution >= 0.6 is 11.5 Å². The van der Waals surface area contributed by atoms with Crippen molar-refractivity contribution in [2.45, 2.75) is 58.0 Å². The Kier molecular flexibility index (Phi) is 9.75. The molecule has 1 amide bonds. The van der Waals surface area contributed by atoms with Crippen molar-refractivity contribution in [1.82, 2.24) is 19.6 Å². The summed E-state index contributed by atoms with van der Waals surface area (Å²) < 4.78 is 15.5. The summed E-state index contributed by atoms with van der Waals surface area (Å²) in [6.07, 6.45) is 7.57. The first kappa shape index (κ1) is 26.2. The molecule has 194 valence electrons. The van der Waals surface area contributed by atoms with Gasteiger partial charge in [-0.05, 0) is 62.6 Å². The lowest BCUT2D eigenvalue weighted by atomic mass is 10.0. The predicted molar refractivity (Wildman–Crippen MR) is 143 cm³/mol. The molecule has 1 aromatic carbocycles. The number of methoxy groups -OCH3 is 1. The van der Waals surface area contributed by atoms with E-state index in [1.165, 1.54) is 37.3 Å². The number of furan rings is 1. The molecule has 0 radical (unpaired) electrons. The van der Waals surface area contributed by atoms with Crippen LogP contribution < -0.4 is 15.0 Å². The maximum Gasteiger partial charge on any atom is 0.221 e. The SMILES string of the molecule is COc1cccc(Cc2nsc(N(CCC(=O)NCCCN3CCCCC3C)Cc3ccco3)n2)c1. The van der Waals surface area contributed by atoms with Crippen molar-refractivity contribution in [2.75, 3.05) is 38.2 Å². The van der Waals surface area contributed by atoms with Crippen LogP contribution in [0.5, 0.6) is 5.75 Å². The summed E-state index contributed by atoms with van der Waals surface area (Å²) in [5, 5.41) is 3.88. The molecule has 1 aliphatic heterocycles. The molecule has 1 saturated heterocycles. The molecule has 36 heavy (non-hydrogen) atoms. The monoisotopic (exact) mass is 511 g/mol. The Labute approximate surface area is 217 Å². The zero-order valence-corrected chi connectivity index (χ0v) is 22.1. The van der Waals surface area contributed by atoms with Crippen LogP contribution in [0.1, 0.15) is 56.2 Å². The number of ether oxygens (including phenoxy) is 1. The number of amides is 1. The molecule has 9 heteroatoms. The van der Waals surface area contributed by atoms with E-state index in [0.29, 0.717) is 38.5 Å². The quantitative estimate of drug-likeness (QED) is 0.338. The van der Waals surface area contributed by atoms with Crippen LogP contribution in [-0.4, -0.2) is 59.5 Å². The van der Waals surface area contributed by atoms with E-state index in [4.69, 9.17) is 14.1 Å². The fourth-order valence-corrected chi connectivity index (χ4v) is 5.28. The smallest absolute Gasteiger partial charge is 0.221 e. The highest BCUT2D eigenvalue weighted by Gasteiger charge is 2.18. The van der Waals surface area contributed by atoms with Crippen molar-refractivity contribution in [2.24, 2.45) is 0 Å². The van der Waals surface area contributed by atoms with Crippen molar-refractivity contribution < 1.29 is 13.9 Å². The van der Waals surface area contributed by atoms with E-state index >= 15 is 0 Å². The Hall–Kier alpha value is -2.91. The number of nitrogens with zero attached hydrogens (tertiary/aromatic N) is 4. The van der Waals surface area contributed by atoms with Crippen LogP contribution in [0.25, 0.3) is 0 Å². The highest BCUT2D eigenvalue weighted by atomic mass is 32.1. The number of hydrogen-bond acceptors (Lipinski definition) is 8. The summed E-state index contributed by atoms with van der Waals surface area (Å²) in [7, 11) is 1.66. The normalized spacial score (nSPS) is 16.1. The molecule has 2 aromatic heterocycles. The van der Waals surface area contributed by atoms with E-state index in [2.05, 4.69) is 26.4 Å². The summed E-state index contributed by atoms with van der Waals surface area (Å²) >= 11 is 1.35. The Morgan fingerprint density at radius 3 is 3.03 bits per heavy atom. The third kappa shape index (κ3) is 7.80.